The third-order valence-electron chi connectivity index (χ3n) is 5.40. The predicted octanol–water partition coefficient (Wildman–Crippen LogP) is 5.18. The highest BCUT2D eigenvalue weighted by Crippen LogP contribution is 2.23. The summed E-state index contributed by atoms with van der Waals surface area (Å²) in [5, 5.41) is 15.1. The number of carboxylic acid groups (broad SMARTS) is 1. The molecule has 0 bridgehead atoms. The van der Waals surface area contributed by atoms with Crippen molar-refractivity contribution in [3.63, 3.8) is 0 Å². The highest BCUT2D eigenvalue weighted by molar-refractivity contribution is 6.31. The normalized spacial score (nSPS) is 16.9. The molecule has 1 aliphatic rings. The Hall–Kier alpha value is -2.08. The summed E-state index contributed by atoms with van der Waals surface area (Å²) < 4.78 is 0. The van der Waals surface area contributed by atoms with E-state index in [2.05, 4.69) is 10.1 Å². The second-order valence-electron chi connectivity index (χ2n) is 7.67. The van der Waals surface area contributed by atoms with Gasteiger partial charge in [0.15, 0.2) is 0 Å². The molecule has 1 atom stereocenters. The van der Waals surface area contributed by atoms with E-state index in [9.17, 15) is 9.90 Å². The van der Waals surface area contributed by atoms with Crippen LogP contribution in [0.3, 0.4) is 0 Å². The van der Waals surface area contributed by atoms with E-state index in [0.29, 0.717) is 29.7 Å². The van der Waals surface area contributed by atoms with Crippen molar-refractivity contribution in [3.05, 3.63) is 68.7 Å². The van der Waals surface area contributed by atoms with E-state index in [1.807, 2.05) is 50.2 Å². The number of rotatable bonds is 7. The fraction of sp³-hybridized carbons (Fsp3) is 0.391. The standard InChI is InChI=1S/C23H26Cl2N2O3/c1-15-12-18(24)5-7-20(15)22(21-8-6-19(25)13-16(21)2)26-30-11-10-27-9-3-4-17(14-27)23(28)29/h5-8,12-13,17H,3-4,9-11,14H2,1-2H3,(H,28,29). The summed E-state index contributed by atoms with van der Waals surface area (Å²) in [7, 11) is 0. The van der Waals surface area contributed by atoms with Crippen LogP contribution in [0, 0.1) is 19.8 Å². The van der Waals surface area contributed by atoms with E-state index < -0.39 is 5.97 Å². The van der Waals surface area contributed by atoms with Gasteiger partial charge in [-0.25, -0.2) is 0 Å². The number of hydrogen-bond acceptors (Lipinski definition) is 4. The van der Waals surface area contributed by atoms with Gasteiger partial charge in [0.05, 0.1) is 5.92 Å². The van der Waals surface area contributed by atoms with Gasteiger partial charge in [-0.3, -0.25) is 9.69 Å². The first kappa shape index (κ1) is 22.6. The monoisotopic (exact) mass is 448 g/mol. The SMILES string of the molecule is Cc1cc(Cl)ccc1C(=NOCCN1CCCC(C(=O)O)C1)c1ccc(Cl)cc1C. The van der Waals surface area contributed by atoms with Crippen molar-refractivity contribution in [2.45, 2.75) is 26.7 Å². The van der Waals surface area contributed by atoms with E-state index in [1.165, 1.54) is 0 Å². The Bertz CT molecular complexity index is 893. The van der Waals surface area contributed by atoms with Gasteiger partial charge in [0.25, 0.3) is 0 Å². The Morgan fingerprint density at radius 2 is 1.73 bits per heavy atom. The zero-order valence-electron chi connectivity index (χ0n) is 17.2. The molecule has 0 radical (unpaired) electrons. The average molecular weight is 449 g/mol. The fourth-order valence-electron chi connectivity index (χ4n) is 3.77. The molecule has 160 valence electrons. The second kappa shape index (κ2) is 10.3. The van der Waals surface area contributed by atoms with Crippen LogP contribution in [0.1, 0.15) is 35.1 Å². The van der Waals surface area contributed by atoms with Crippen molar-refractivity contribution in [1.29, 1.82) is 0 Å². The first-order chi connectivity index (χ1) is 14.3. The van der Waals surface area contributed by atoms with Crippen LogP contribution in [0.15, 0.2) is 41.6 Å². The lowest BCUT2D eigenvalue weighted by Gasteiger charge is -2.30. The van der Waals surface area contributed by atoms with Crippen molar-refractivity contribution in [3.8, 4) is 0 Å². The molecule has 0 amide bonds. The molecule has 1 saturated heterocycles. The molecule has 0 saturated carbocycles. The molecule has 1 unspecified atom stereocenters. The van der Waals surface area contributed by atoms with E-state index in [0.717, 1.165) is 47.4 Å². The fourth-order valence-corrected chi connectivity index (χ4v) is 4.22. The number of oxime groups is 1. The van der Waals surface area contributed by atoms with Crippen LogP contribution in [0.4, 0.5) is 0 Å². The van der Waals surface area contributed by atoms with Crippen LogP contribution < -0.4 is 0 Å². The predicted molar refractivity (Wildman–Crippen MR) is 121 cm³/mol. The Morgan fingerprint density at radius 3 is 2.27 bits per heavy atom. The molecule has 1 fully saturated rings. The molecular formula is C23H26Cl2N2O3. The number of benzene rings is 2. The van der Waals surface area contributed by atoms with Gasteiger partial charge in [0.2, 0.25) is 0 Å². The summed E-state index contributed by atoms with van der Waals surface area (Å²) in [6.45, 7) is 6.44. The molecule has 1 N–H and O–H groups in total. The molecule has 7 heteroatoms. The molecule has 1 aliphatic heterocycles. The van der Waals surface area contributed by atoms with Crippen molar-refractivity contribution >= 4 is 34.9 Å². The maximum Gasteiger partial charge on any atom is 0.307 e. The molecule has 0 aromatic heterocycles. The Labute approximate surface area is 187 Å². The smallest absolute Gasteiger partial charge is 0.307 e. The van der Waals surface area contributed by atoms with Gasteiger partial charge >= 0.3 is 5.97 Å². The molecular weight excluding hydrogens is 423 g/mol. The highest BCUT2D eigenvalue weighted by Gasteiger charge is 2.25. The van der Waals surface area contributed by atoms with Crippen LogP contribution in [-0.4, -0.2) is 47.9 Å². The summed E-state index contributed by atoms with van der Waals surface area (Å²) in [6.07, 6.45) is 1.63. The number of likely N-dealkylation sites (tertiary alicyclic amines) is 1. The van der Waals surface area contributed by atoms with Gasteiger partial charge in [-0.15, -0.1) is 0 Å². The lowest BCUT2D eigenvalue weighted by atomic mass is 9.95. The topological polar surface area (TPSA) is 62.1 Å². The summed E-state index contributed by atoms with van der Waals surface area (Å²) in [5.41, 5.74) is 4.60. The van der Waals surface area contributed by atoms with Gasteiger partial charge in [0, 0.05) is 34.3 Å². The van der Waals surface area contributed by atoms with Gasteiger partial charge in [0.1, 0.15) is 12.3 Å². The lowest BCUT2D eigenvalue weighted by molar-refractivity contribution is -0.143. The highest BCUT2D eigenvalue weighted by atomic mass is 35.5. The molecule has 1 heterocycles. The minimum Gasteiger partial charge on any atom is -0.481 e. The lowest BCUT2D eigenvalue weighted by Crippen LogP contribution is -2.40. The minimum absolute atomic E-state index is 0.300. The largest absolute Gasteiger partial charge is 0.481 e. The molecule has 3 rings (SSSR count). The molecule has 30 heavy (non-hydrogen) atoms. The number of halogens is 2. The van der Waals surface area contributed by atoms with Crippen LogP contribution in [0.25, 0.3) is 0 Å². The van der Waals surface area contributed by atoms with Gasteiger partial charge < -0.3 is 9.94 Å². The van der Waals surface area contributed by atoms with Gasteiger partial charge in [-0.1, -0.05) is 40.5 Å². The van der Waals surface area contributed by atoms with Gasteiger partial charge in [-0.05, 0) is 68.6 Å². The quantitative estimate of drug-likeness (QED) is 0.360. The van der Waals surface area contributed by atoms with E-state index in [-0.39, 0.29) is 5.92 Å². The summed E-state index contributed by atoms with van der Waals surface area (Å²) in [4.78, 5) is 19.1. The molecule has 0 aliphatic carbocycles. The third kappa shape index (κ3) is 5.75. The van der Waals surface area contributed by atoms with E-state index in [1.54, 1.807) is 0 Å². The average Bonchev–Trinajstić information content (AvgIpc) is 2.70. The number of carboxylic acids is 1. The summed E-state index contributed by atoms with van der Waals surface area (Å²) >= 11 is 12.3. The zero-order chi connectivity index (χ0) is 21.7. The summed E-state index contributed by atoms with van der Waals surface area (Å²) in [6, 6.07) is 11.4. The molecule has 5 nitrogen and oxygen atoms in total. The Morgan fingerprint density at radius 1 is 1.13 bits per heavy atom. The van der Waals surface area contributed by atoms with Crippen molar-refractivity contribution < 1.29 is 14.7 Å². The third-order valence-corrected chi connectivity index (χ3v) is 5.87. The summed E-state index contributed by atoms with van der Waals surface area (Å²) in [5.74, 6) is -1.02. The maximum atomic E-state index is 11.2. The van der Waals surface area contributed by atoms with Crippen LogP contribution in [0.5, 0.6) is 0 Å². The maximum absolute atomic E-state index is 11.2. The number of aliphatic carboxylic acids is 1. The van der Waals surface area contributed by atoms with Crippen LogP contribution >= 0.6 is 23.2 Å². The molecule has 2 aromatic rings. The first-order valence-corrected chi connectivity index (χ1v) is 10.8. The number of hydrogen-bond donors (Lipinski definition) is 1. The van der Waals surface area contributed by atoms with E-state index in [4.69, 9.17) is 28.0 Å². The number of piperidine rings is 1. The van der Waals surface area contributed by atoms with Gasteiger partial charge in [-0.2, -0.15) is 0 Å². The molecule has 0 spiro atoms. The van der Waals surface area contributed by atoms with Crippen molar-refractivity contribution in [1.82, 2.24) is 4.90 Å². The second-order valence-corrected chi connectivity index (χ2v) is 8.54. The number of carbonyl (C=O) groups is 1. The van der Waals surface area contributed by atoms with Crippen LogP contribution in [-0.2, 0) is 9.63 Å². The number of nitrogens with zero attached hydrogens (tertiary/aromatic N) is 2. The zero-order valence-corrected chi connectivity index (χ0v) is 18.7. The van der Waals surface area contributed by atoms with Crippen LogP contribution in [0.2, 0.25) is 10.0 Å². The Balaban J connectivity index is 1.77. The number of aryl methyl sites for hydroxylation is 2. The molecule has 2 aromatic carbocycles. The Kier molecular flexibility index (Phi) is 7.75. The first-order valence-electron chi connectivity index (χ1n) is 10.0. The van der Waals surface area contributed by atoms with Crippen molar-refractivity contribution in [2.75, 3.05) is 26.2 Å². The van der Waals surface area contributed by atoms with Crippen molar-refractivity contribution in [2.24, 2.45) is 11.1 Å². The minimum atomic E-state index is -0.725. The van der Waals surface area contributed by atoms with E-state index >= 15 is 0 Å².